The summed E-state index contributed by atoms with van der Waals surface area (Å²) in [6, 6.07) is 0. The number of ether oxygens (including phenoxy) is 1. The van der Waals surface area contributed by atoms with E-state index in [9.17, 15) is 4.79 Å². The highest BCUT2D eigenvalue weighted by Crippen LogP contribution is 2.58. The smallest absolute Gasteiger partial charge is 0.375 e. The summed E-state index contributed by atoms with van der Waals surface area (Å²) in [5.74, 6) is 0.896. The Balaban J connectivity index is 2.28. The van der Waals surface area contributed by atoms with Crippen molar-refractivity contribution in [2.45, 2.75) is 46.0 Å². The van der Waals surface area contributed by atoms with E-state index in [0.29, 0.717) is 11.8 Å². The molecule has 0 radical (unpaired) electrons. The third-order valence-corrected chi connectivity index (χ3v) is 3.38. The van der Waals surface area contributed by atoms with Crippen LogP contribution in [0.15, 0.2) is 4.42 Å². The third-order valence-electron chi connectivity index (χ3n) is 3.38. The molecule has 1 aromatic rings. The Bertz CT molecular complexity index is 434. The Morgan fingerprint density at radius 1 is 1.59 bits per heavy atom. The predicted octanol–water partition coefficient (Wildman–Crippen LogP) is 2.93. The number of aryl methyl sites for hydroxylation is 1. The molecule has 4 nitrogen and oxygen atoms in total. The highest BCUT2D eigenvalue weighted by molar-refractivity contribution is 5.87. The molecule has 1 aromatic heterocycles. The van der Waals surface area contributed by atoms with Crippen molar-refractivity contribution >= 4 is 5.97 Å². The van der Waals surface area contributed by atoms with Crippen LogP contribution in [0.1, 0.15) is 61.7 Å². The fourth-order valence-corrected chi connectivity index (χ4v) is 2.07. The second-order valence-electron chi connectivity index (χ2n) is 5.31. The quantitative estimate of drug-likeness (QED) is 0.755. The molecule has 0 saturated heterocycles. The lowest BCUT2D eigenvalue weighted by atomic mass is 10.1. The maximum Gasteiger partial charge on any atom is 0.375 e. The van der Waals surface area contributed by atoms with E-state index < -0.39 is 5.97 Å². The van der Waals surface area contributed by atoms with Crippen LogP contribution < -0.4 is 0 Å². The van der Waals surface area contributed by atoms with Gasteiger partial charge in [-0.1, -0.05) is 27.2 Å². The molecule has 94 valence electrons. The van der Waals surface area contributed by atoms with Crippen molar-refractivity contribution in [1.82, 2.24) is 4.98 Å². The first-order chi connectivity index (χ1) is 7.99. The van der Waals surface area contributed by atoms with Gasteiger partial charge >= 0.3 is 5.97 Å². The SMILES string of the molecule is CCCc1nc(C2CC2(C)C)oc1C(=O)OC. The summed E-state index contributed by atoms with van der Waals surface area (Å²) in [5, 5.41) is 0. The van der Waals surface area contributed by atoms with E-state index >= 15 is 0 Å². The Morgan fingerprint density at radius 2 is 2.24 bits per heavy atom. The lowest BCUT2D eigenvalue weighted by Gasteiger charge is -1.97. The van der Waals surface area contributed by atoms with Crippen molar-refractivity contribution in [3.63, 3.8) is 0 Å². The highest BCUT2D eigenvalue weighted by Gasteiger charge is 2.50. The molecule has 1 atom stereocenters. The molecular formula is C13H19NO3. The number of carbonyl (C=O) groups excluding carboxylic acids is 1. The number of rotatable bonds is 4. The molecule has 0 spiro atoms. The van der Waals surface area contributed by atoms with Crippen LogP contribution in [0.5, 0.6) is 0 Å². The molecule has 2 rings (SSSR count). The Morgan fingerprint density at radius 3 is 2.71 bits per heavy atom. The number of methoxy groups -OCH3 is 1. The van der Waals surface area contributed by atoms with Gasteiger partial charge in [-0.3, -0.25) is 0 Å². The fraction of sp³-hybridized carbons (Fsp3) is 0.692. The second-order valence-corrected chi connectivity index (χ2v) is 5.31. The normalized spacial score (nSPS) is 21.3. The van der Waals surface area contributed by atoms with E-state index in [2.05, 4.69) is 25.8 Å². The Kier molecular flexibility index (Phi) is 2.98. The average Bonchev–Trinajstić information content (AvgIpc) is 2.74. The van der Waals surface area contributed by atoms with E-state index in [1.165, 1.54) is 7.11 Å². The molecule has 1 aliphatic rings. The molecule has 0 aromatic carbocycles. The van der Waals surface area contributed by atoms with Crippen molar-refractivity contribution in [1.29, 1.82) is 0 Å². The first-order valence-electron chi connectivity index (χ1n) is 6.07. The van der Waals surface area contributed by atoms with Gasteiger partial charge < -0.3 is 9.15 Å². The minimum Gasteiger partial charge on any atom is -0.463 e. The maximum absolute atomic E-state index is 11.6. The summed E-state index contributed by atoms with van der Waals surface area (Å²) < 4.78 is 10.3. The monoisotopic (exact) mass is 237 g/mol. The number of aromatic nitrogens is 1. The topological polar surface area (TPSA) is 52.3 Å². The predicted molar refractivity (Wildman–Crippen MR) is 63.0 cm³/mol. The molecular weight excluding hydrogens is 218 g/mol. The molecule has 1 unspecified atom stereocenters. The molecule has 0 N–H and O–H groups in total. The number of hydrogen-bond donors (Lipinski definition) is 0. The first kappa shape index (κ1) is 12.1. The zero-order valence-corrected chi connectivity index (χ0v) is 10.9. The summed E-state index contributed by atoms with van der Waals surface area (Å²) in [7, 11) is 1.36. The van der Waals surface area contributed by atoms with Gasteiger partial charge in [-0.2, -0.15) is 0 Å². The lowest BCUT2D eigenvalue weighted by Crippen LogP contribution is -2.03. The molecule has 1 aliphatic carbocycles. The zero-order chi connectivity index (χ0) is 12.6. The summed E-state index contributed by atoms with van der Waals surface area (Å²) in [5.41, 5.74) is 0.985. The Labute approximate surface area is 101 Å². The Hall–Kier alpha value is -1.32. The average molecular weight is 237 g/mol. The van der Waals surface area contributed by atoms with Crippen molar-refractivity contribution in [2.24, 2.45) is 5.41 Å². The summed E-state index contributed by atoms with van der Waals surface area (Å²) in [4.78, 5) is 16.0. The van der Waals surface area contributed by atoms with E-state index in [1.54, 1.807) is 0 Å². The number of esters is 1. The number of nitrogens with zero attached hydrogens (tertiary/aromatic N) is 1. The summed E-state index contributed by atoms with van der Waals surface area (Å²) in [6.07, 6.45) is 2.75. The summed E-state index contributed by atoms with van der Waals surface area (Å²) in [6.45, 7) is 6.41. The van der Waals surface area contributed by atoms with Crippen LogP contribution >= 0.6 is 0 Å². The fourth-order valence-electron chi connectivity index (χ4n) is 2.07. The standard InChI is InChI=1S/C13H19NO3/c1-5-6-9-10(12(15)16-4)17-11(14-9)8-7-13(8,2)3/h8H,5-7H2,1-4H3. The van der Waals surface area contributed by atoms with Crippen molar-refractivity contribution in [2.75, 3.05) is 7.11 Å². The van der Waals surface area contributed by atoms with Crippen LogP contribution in [0, 0.1) is 5.41 Å². The molecule has 0 aliphatic heterocycles. The molecule has 1 saturated carbocycles. The minimum absolute atomic E-state index is 0.252. The van der Waals surface area contributed by atoms with E-state index in [4.69, 9.17) is 9.15 Å². The van der Waals surface area contributed by atoms with Crippen molar-refractivity contribution < 1.29 is 13.9 Å². The van der Waals surface area contributed by atoms with Gasteiger partial charge in [-0.25, -0.2) is 9.78 Å². The molecule has 0 bridgehead atoms. The van der Waals surface area contributed by atoms with Gasteiger partial charge in [0.1, 0.15) is 0 Å². The number of hydrogen-bond acceptors (Lipinski definition) is 4. The van der Waals surface area contributed by atoms with E-state index in [1.807, 2.05) is 0 Å². The first-order valence-corrected chi connectivity index (χ1v) is 6.07. The molecule has 1 heterocycles. The lowest BCUT2D eigenvalue weighted by molar-refractivity contribution is 0.0561. The van der Waals surface area contributed by atoms with Crippen LogP contribution in [0.4, 0.5) is 0 Å². The van der Waals surface area contributed by atoms with E-state index in [0.717, 1.165) is 25.0 Å². The van der Waals surface area contributed by atoms with Gasteiger partial charge in [0.2, 0.25) is 5.76 Å². The van der Waals surface area contributed by atoms with Crippen molar-refractivity contribution in [3.8, 4) is 0 Å². The van der Waals surface area contributed by atoms with Crippen LogP contribution in [-0.2, 0) is 11.2 Å². The molecule has 0 amide bonds. The second kappa shape index (κ2) is 4.17. The minimum atomic E-state index is -0.425. The van der Waals surface area contributed by atoms with Crippen LogP contribution in [-0.4, -0.2) is 18.1 Å². The van der Waals surface area contributed by atoms with Gasteiger partial charge in [-0.15, -0.1) is 0 Å². The van der Waals surface area contributed by atoms with E-state index in [-0.39, 0.29) is 11.2 Å². The van der Waals surface area contributed by atoms with Gasteiger partial charge in [0.15, 0.2) is 5.89 Å². The third kappa shape index (κ3) is 2.21. The number of carbonyl (C=O) groups is 1. The maximum atomic E-state index is 11.6. The van der Waals surface area contributed by atoms with Gasteiger partial charge in [0.05, 0.1) is 12.8 Å². The highest BCUT2D eigenvalue weighted by atomic mass is 16.5. The largest absolute Gasteiger partial charge is 0.463 e. The molecule has 1 fully saturated rings. The molecule has 17 heavy (non-hydrogen) atoms. The van der Waals surface area contributed by atoms with Crippen molar-refractivity contribution in [3.05, 3.63) is 17.3 Å². The van der Waals surface area contributed by atoms with Crippen LogP contribution in [0.2, 0.25) is 0 Å². The molecule has 4 heteroatoms. The van der Waals surface area contributed by atoms with Gasteiger partial charge in [0.25, 0.3) is 0 Å². The van der Waals surface area contributed by atoms with Gasteiger partial charge in [-0.05, 0) is 18.3 Å². The van der Waals surface area contributed by atoms with Gasteiger partial charge in [0, 0.05) is 5.92 Å². The van der Waals surface area contributed by atoms with Crippen LogP contribution in [0.25, 0.3) is 0 Å². The number of oxazole rings is 1. The zero-order valence-electron chi connectivity index (χ0n) is 10.9. The summed E-state index contributed by atoms with van der Waals surface area (Å²) >= 11 is 0. The van der Waals surface area contributed by atoms with Crippen LogP contribution in [0.3, 0.4) is 0 Å².